The van der Waals surface area contributed by atoms with Crippen molar-refractivity contribution in [2.45, 2.75) is 0 Å². The van der Waals surface area contributed by atoms with E-state index in [4.69, 9.17) is 6.42 Å². The van der Waals surface area contributed by atoms with Crippen LogP contribution in [-0.2, 0) is 0 Å². The lowest BCUT2D eigenvalue weighted by Gasteiger charge is -1.94. The highest BCUT2D eigenvalue weighted by molar-refractivity contribution is 9.10. The molecule has 0 N–H and O–H groups in total. The van der Waals surface area contributed by atoms with Crippen LogP contribution in [0.3, 0.4) is 0 Å². The van der Waals surface area contributed by atoms with E-state index in [1.54, 1.807) is 18.2 Å². The van der Waals surface area contributed by atoms with Gasteiger partial charge in [-0.15, -0.1) is 6.42 Å². The van der Waals surface area contributed by atoms with Crippen LogP contribution in [-0.4, -0.2) is 0 Å². The highest BCUT2D eigenvalue weighted by Gasteiger charge is 2.00. The van der Waals surface area contributed by atoms with E-state index in [0.717, 1.165) is 0 Å². The molecule has 0 aliphatic carbocycles. The van der Waals surface area contributed by atoms with Crippen LogP contribution in [0.4, 0.5) is 4.39 Å². The van der Waals surface area contributed by atoms with Crippen LogP contribution in [0.1, 0.15) is 5.56 Å². The monoisotopic (exact) mass is 198 g/mol. The fourth-order valence-electron chi connectivity index (χ4n) is 0.615. The Balaban J connectivity index is 3.31. The fraction of sp³-hybridized carbons (Fsp3) is 0. The van der Waals surface area contributed by atoms with Gasteiger partial charge in [-0.2, -0.15) is 0 Å². The van der Waals surface area contributed by atoms with Crippen molar-refractivity contribution in [2.24, 2.45) is 0 Å². The van der Waals surface area contributed by atoms with Gasteiger partial charge in [-0.05, 0) is 28.1 Å². The van der Waals surface area contributed by atoms with Gasteiger partial charge in [-0.1, -0.05) is 12.0 Å². The third kappa shape index (κ3) is 1.19. The van der Waals surface area contributed by atoms with Crippen molar-refractivity contribution in [2.75, 3.05) is 0 Å². The van der Waals surface area contributed by atoms with E-state index < -0.39 is 0 Å². The molecule has 0 aromatic heterocycles. The number of rotatable bonds is 0. The topological polar surface area (TPSA) is 0 Å². The molecule has 0 atom stereocenters. The van der Waals surface area contributed by atoms with Gasteiger partial charge in [0, 0.05) is 0 Å². The maximum atomic E-state index is 12.8. The van der Waals surface area contributed by atoms with Gasteiger partial charge in [0.05, 0.1) is 10.0 Å². The van der Waals surface area contributed by atoms with Crippen LogP contribution in [0, 0.1) is 18.2 Å². The summed E-state index contributed by atoms with van der Waals surface area (Å²) in [5.74, 6) is 1.86. The third-order valence-electron chi connectivity index (χ3n) is 1.11. The second kappa shape index (κ2) is 2.85. The SMILES string of the molecule is C#Cc1cccc(Br)c1F. The molecule has 1 aromatic carbocycles. The van der Waals surface area contributed by atoms with Crippen molar-refractivity contribution < 1.29 is 4.39 Å². The number of terminal acetylenes is 1. The molecule has 1 rings (SSSR count). The van der Waals surface area contributed by atoms with Gasteiger partial charge in [0.15, 0.2) is 5.82 Å². The molecule has 0 spiro atoms. The minimum atomic E-state index is -0.370. The van der Waals surface area contributed by atoms with E-state index >= 15 is 0 Å². The summed E-state index contributed by atoms with van der Waals surface area (Å²) in [6.45, 7) is 0. The van der Waals surface area contributed by atoms with E-state index in [0.29, 0.717) is 4.47 Å². The smallest absolute Gasteiger partial charge is 0.152 e. The number of hydrogen-bond acceptors (Lipinski definition) is 0. The summed E-state index contributed by atoms with van der Waals surface area (Å²) < 4.78 is 13.2. The first kappa shape index (κ1) is 7.30. The zero-order valence-electron chi connectivity index (χ0n) is 5.07. The molecule has 0 saturated carbocycles. The Morgan fingerprint density at radius 1 is 1.50 bits per heavy atom. The van der Waals surface area contributed by atoms with Crippen molar-refractivity contribution in [3.63, 3.8) is 0 Å². The van der Waals surface area contributed by atoms with Crippen molar-refractivity contribution >= 4 is 15.9 Å². The largest absolute Gasteiger partial charge is 0.204 e. The molecule has 2 heteroatoms. The van der Waals surface area contributed by atoms with E-state index in [-0.39, 0.29) is 11.4 Å². The molecule has 0 aliphatic rings. The minimum Gasteiger partial charge on any atom is -0.204 e. The lowest BCUT2D eigenvalue weighted by Crippen LogP contribution is -1.82. The average Bonchev–Trinajstić information content (AvgIpc) is 1.95. The zero-order valence-corrected chi connectivity index (χ0v) is 6.65. The first-order valence-corrected chi connectivity index (χ1v) is 3.45. The predicted octanol–water partition coefficient (Wildman–Crippen LogP) is 2.57. The Kier molecular flexibility index (Phi) is 2.08. The van der Waals surface area contributed by atoms with Gasteiger partial charge in [0.25, 0.3) is 0 Å². The van der Waals surface area contributed by atoms with Crippen molar-refractivity contribution in [1.29, 1.82) is 0 Å². The summed E-state index contributed by atoms with van der Waals surface area (Å²) >= 11 is 3.02. The molecule has 0 bridgehead atoms. The van der Waals surface area contributed by atoms with Gasteiger partial charge in [0.2, 0.25) is 0 Å². The summed E-state index contributed by atoms with van der Waals surface area (Å²) in [6.07, 6.45) is 5.01. The van der Waals surface area contributed by atoms with Gasteiger partial charge in [-0.3, -0.25) is 0 Å². The van der Waals surface area contributed by atoms with E-state index in [1.165, 1.54) is 0 Å². The number of benzene rings is 1. The standard InChI is InChI=1S/C8H4BrF/c1-2-6-4-3-5-7(9)8(6)10/h1,3-5H. The zero-order chi connectivity index (χ0) is 7.56. The van der Waals surface area contributed by atoms with Crippen LogP contribution >= 0.6 is 15.9 Å². The van der Waals surface area contributed by atoms with Crippen LogP contribution in [0.2, 0.25) is 0 Å². The molecule has 0 fully saturated rings. The highest BCUT2D eigenvalue weighted by atomic mass is 79.9. The maximum Gasteiger partial charge on any atom is 0.152 e. The van der Waals surface area contributed by atoms with E-state index in [1.807, 2.05) is 0 Å². The normalized spacial score (nSPS) is 8.90. The van der Waals surface area contributed by atoms with Crippen LogP contribution < -0.4 is 0 Å². The minimum absolute atomic E-state index is 0.286. The van der Waals surface area contributed by atoms with E-state index in [9.17, 15) is 4.39 Å². The molecular formula is C8H4BrF. The summed E-state index contributed by atoms with van der Waals surface area (Å²) in [6, 6.07) is 4.86. The van der Waals surface area contributed by atoms with Crippen molar-refractivity contribution in [3.05, 3.63) is 34.1 Å². The molecule has 0 saturated heterocycles. The average molecular weight is 199 g/mol. The molecular weight excluding hydrogens is 195 g/mol. The Morgan fingerprint density at radius 2 is 2.20 bits per heavy atom. The molecule has 1 aromatic rings. The fourth-order valence-corrected chi connectivity index (χ4v) is 0.981. The molecule has 0 unspecified atom stereocenters. The molecule has 0 aliphatic heterocycles. The van der Waals surface area contributed by atoms with Crippen molar-refractivity contribution in [3.8, 4) is 12.3 Å². The first-order valence-electron chi connectivity index (χ1n) is 2.66. The molecule has 10 heavy (non-hydrogen) atoms. The summed E-state index contributed by atoms with van der Waals surface area (Å²) in [5, 5.41) is 0. The molecule has 50 valence electrons. The quantitative estimate of drug-likeness (QED) is 0.563. The van der Waals surface area contributed by atoms with Gasteiger partial charge in [-0.25, -0.2) is 4.39 Å². The van der Waals surface area contributed by atoms with Crippen LogP contribution in [0.5, 0.6) is 0 Å². The number of hydrogen-bond donors (Lipinski definition) is 0. The maximum absolute atomic E-state index is 12.8. The first-order chi connectivity index (χ1) is 4.75. The van der Waals surface area contributed by atoms with E-state index in [2.05, 4.69) is 21.9 Å². The van der Waals surface area contributed by atoms with Crippen LogP contribution in [0.15, 0.2) is 22.7 Å². The Bertz CT molecular complexity index is 286. The van der Waals surface area contributed by atoms with Gasteiger partial charge < -0.3 is 0 Å². The summed E-state index contributed by atoms with van der Waals surface area (Å²) in [4.78, 5) is 0. The second-order valence-corrected chi connectivity index (χ2v) is 2.60. The highest BCUT2D eigenvalue weighted by Crippen LogP contribution is 2.17. The number of halogens is 2. The van der Waals surface area contributed by atoms with Gasteiger partial charge >= 0.3 is 0 Å². The second-order valence-electron chi connectivity index (χ2n) is 1.75. The lowest BCUT2D eigenvalue weighted by molar-refractivity contribution is 0.617. The Morgan fingerprint density at radius 3 is 2.70 bits per heavy atom. The molecule has 0 nitrogen and oxygen atoms in total. The van der Waals surface area contributed by atoms with Gasteiger partial charge in [0.1, 0.15) is 0 Å². The van der Waals surface area contributed by atoms with Crippen LogP contribution in [0.25, 0.3) is 0 Å². The summed E-state index contributed by atoms with van der Waals surface area (Å²) in [7, 11) is 0. The van der Waals surface area contributed by atoms with Crippen molar-refractivity contribution in [1.82, 2.24) is 0 Å². The predicted molar refractivity (Wildman–Crippen MR) is 42.0 cm³/mol. The molecule has 0 heterocycles. The lowest BCUT2D eigenvalue weighted by atomic mass is 10.2. The third-order valence-corrected chi connectivity index (χ3v) is 1.72. The molecule has 0 amide bonds. The summed E-state index contributed by atoms with van der Waals surface area (Å²) in [5.41, 5.74) is 0.286. The molecule has 0 radical (unpaired) electrons. The Labute approximate surface area is 67.2 Å². The Hall–Kier alpha value is -0.810.